The molecule has 0 amide bonds. The third-order valence-corrected chi connectivity index (χ3v) is 12.7. The summed E-state index contributed by atoms with van der Waals surface area (Å²) in [6.07, 6.45) is -13.8. The van der Waals surface area contributed by atoms with Crippen LogP contribution in [-0.4, -0.2) is 151 Å². The Hall–Kier alpha value is -8.62. The number of benzene rings is 4. The fraction of sp³-hybridized carbons (Fsp3) is 0.318. The number of rotatable bonds is 4. The third-order valence-electron chi connectivity index (χ3n) is 12.7. The molecule has 4 aromatic rings. The van der Waals surface area contributed by atoms with E-state index >= 15 is 0 Å². The second kappa shape index (κ2) is 16.0. The number of esters is 5. The van der Waals surface area contributed by atoms with Crippen molar-refractivity contribution in [2.24, 2.45) is 5.92 Å². The molecule has 0 radical (unpaired) electrons. The topological polar surface area (TPSA) is 430 Å². The quantitative estimate of drug-likeness (QED) is 0.0765. The van der Waals surface area contributed by atoms with Crippen LogP contribution in [0.15, 0.2) is 30.3 Å². The summed E-state index contributed by atoms with van der Waals surface area (Å²) in [5.41, 5.74) is -8.80. The molecule has 0 spiro atoms. The van der Waals surface area contributed by atoms with Gasteiger partial charge in [0.05, 0.1) is 34.1 Å². The van der Waals surface area contributed by atoms with E-state index in [4.69, 9.17) is 33.2 Å². The molecule has 2 fully saturated rings. The zero-order chi connectivity index (χ0) is 50.8. The molecule has 9 atom stereocenters. The van der Waals surface area contributed by atoms with E-state index in [0.717, 1.165) is 6.92 Å². The van der Waals surface area contributed by atoms with Crippen molar-refractivity contribution >= 4 is 35.6 Å². The Bertz CT molecular complexity index is 2990. The number of carbonyl (C=O) groups excluding carboxylic acids is 6. The predicted octanol–water partition coefficient (Wildman–Crippen LogP) is 0.829. The fourth-order valence-corrected chi connectivity index (χ4v) is 9.48. The minimum Gasteiger partial charge on any atom is -0.504 e. The summed E-state index contributed by atoms with van der Waals surface area (Å²) < 4.78 is 40.3. The number of aliphatic hydroxyl groups is 2. The van der Waals surface area contributed by atoms with E-state index in [-0.39, 0.29) is 0 Å². The number of cyclic esters (lactones) is 1. The SMILES string of the molecule is CC(=O)C[C@@]1(O)CCC2C(=O)O[C@H]3[C@@H](OC(=O)c4cc(O)c(O)c(O)c4)[C@H](OC(=O)c4cc(O)c(O)c5c4[C@@H]2[C@]1(O)O5)O[C@@H]1COC(=O)c2cc(O)c(O)c(O)c2-c2c(cc(O)c(O)c2O)C(=O)O[C@@H]31. The second-order valence-electron chi connectivity index (χ2n) is 16.9. The van der Waals surface area contributed by atoms with E-state index in [2.05, 4.69) is 0 Å². The fourth-order valence-electron chi connectivity index (χ4n) is 9.48. The molecular formula is C44H36O26. The van der Waals surface area contributed by atoms with Crippen molar-refractivity contribution in [1.82, 2.24) is 0 Å². The first-order valence-corrected chi connectivity index (χ1v) is 20.6. The maximum absolute atomic E-state index is 15.0. The number of hydrogen-bond acceptors (Lipinski definition) is 26. The minimum atomic E-state index is -3.11. The monoisotopic (exact) mass is 980 g/mol. The van der Waals surface area contributed by atoms with Crippen LogP contribution in [0, 0.1) is 5.92 Å². The van der Waals surface area contributed by atoms with Gasteiger partial charge in [0.15, 0.2) is 64.0 Å². The molecule has 1 saturated carbocycles. The Labute approximate surface area is 388 Å². The van der Waals surface area contributed by atoms with E-state index in [1.54, 1.807) is 0 Å². The van der Waals surface area contributed by atoms with Crippen molar-refractivity contribution in [3.05, 3.63) is 58.1 Å². The van der Waals surface area contributed by atoms with Gasteiger partial charge in [-0.05, 0) is 50.1 Å². The molecule has 70 heavy (non-hydrogen) atoms. The van der Waals surface area contributed by atoms with Crippen molar-refractivity contribution < 1.29 is 128 Å². The highest BCUT2D eigenvalue weighted by Gasteiger charge is 2.69. The molecule has 2 bridgehead atoms. The predicted molar refractivity (Wildman–Crippen MR) is 217 cm³/mol. The van der Waals surface area contributed by atoms with E-state index in [0.29, 0.717) is 30.3 Å². The molecule has 9 rings (SSSR count). The van der Waals surface area contributed by atoms with E-state index in [1.165, 1.54) is 0 Å². The van der Waals surface area contributed by atoms with Crippen molar-refractivity contribution in [2.75, 3.05) is 6.61 Å². The van der Waals surface area contributed by atoms with E-state index in [9.17, 15) is 95.2 Å². The Morgan fingerprint density at radius 3 is 1.80 bits per heavy atom. The van der Waals surface area contributed by atoms with Gasteiger partial charge in [-0.2, -0.15) is 0 Å². The summed E-state index contributed by atoms with van der Waals surface area (Å²) in [6.45, 7) is -0.141. The van der Waals surface area contributed by atoms with Gasteiger partial charge in [0, 0.05) is 23.1 Å². The molecule has 4 heterocycles. The van der Waals surface area contributed by atoms with Crippen LogP contribution in [0.2, 0.25) is 0 Å². The highest BCUT2D eigenvalue weighted by molar-refractivity contribution is 6.08. The summed E-state index contributed by atoms with van der Waals surface area (Å²) in [7, 11) is 0. The molecule has 4 aromatic carbocycles. The van der Waals surface area contributed by atoms with Crippen LogP contribution in [0.5, 0.6) is 69.0 Å². The van der Waals surface area contributed by atoms with Gasteiger partial charge in [0.2, 0.25) is 35.4 Å². The van der Waals surface area contributed by atoms with Crippen LogP contribution in [-0.2, 0) is 38.0 Å². The van der Waals surface area contributed by atoms with E-state index in [1.807, 2.05) is 0 Å². The molecule has 0 aromatic heterocycles. The van der Waals surface area contributed by atoms with Crippen molar-refractivity contribution in [1.29, 1.82) is 0 Å². The Morgan fingerprint density at radius 2 is 1.20 bits per heavy atom. The first kappa shape index (κ1) is 46.5. The molecule has 1 saturated heterocycles. The maximum atomic E-state index is 15.0. The van der Waals surface area contributed by atoms with Crippen LogP contribution in [0.4, 0.5) is 0 Å². The number of fused-ring (bicyclic) bond motifs is 7. The highest BCUT2D eigenvalue weighted by atomic mass is 16.7. The molecular weight excluding hydrogens is 944 g/mol. The Balaban J connectivity index is 1.25. The lowest BCUT2D eigenvalue weighted by Gasteiger charge is -2.49. The number of ketones is 1. The lowest BCUT2D eigenvalue weighted by atomic mass is 9.63. The number of carbonyl (C=O) groups is 6. The summed E-state index contributed by atoms with van der Waals surface area (Å²) in [5, 5.41) is 141. The zero-order valence-electron chi connectivity index (χ0n) is 35.4. The maximum Gasteiger partial charge on any atom is 0.341 e. The number of phenolic OH excluding ortho intramolecular Hbond substituents is 11. The van der Waals surface area contributed by atoms with Gasteiger partial charge >= 0.3 is 29.8 Å². The van der Waals surface area contributed by atoms with Crippen LogP contribution >= 0.6 is 0 Å². The number of Topliss-reactive ketones (excluding diaryl/α,β-unsaturated/α-hetero) is 1. The third kappa shape index (κ3) is 6.89. The van der Waals surface area contributed by atoms with Gasteiger partial charge in [-0.15, -0.1) is 0 Å². The van der Waals surface area contributed by atoms with Gasteiger partial charge in [-0.1, -0.05) is 0 Å². The lowest BCUT2D eigenvalue weighted by Crippen LogP contribution is -2.66. The lowest BCUT2D eigenvalue weighted by molar-refractivity contribution is -0.294. The first-order chi connectivity index (χ1) is 32.9. The molecule has 368 valence electrons. The highest BCUT2D eigenvalue weighted by Crippen LogP contribution is 2.63. The number of aromatic hydroxyl groups is 11. The molecule has 13 N–H and O–H groups in total. The molecule has 4 aliphatic heterocycles. The van der Waals surface area contributed by atoms with E-state index < -0.39 is 223 Å². The van der Waals surface area contributed by atoms with Gasteiger partial charge in [-0.3, -0.25) is 9.59 Å². The van der Waals surface area contributed by atoms with Crippen LogP contribution in [0.3, 0.4) is 0 Å². The summed E-state index contributed by atoms with van der Waals surface area (Å²) in [5.74, 6) is -29.9. The first-order valence-electron chi connectivity index (χ1n) is 20.6. The zero-order valence-corrected chi connectivity index (χ0v) is 35.4. The summed E-state index contributed by atoms with van der Waals surface area (Å²) in [4.78, 5) is 84.6. The molecule has 5 aliphatic rings. The van der Waals surface area contributed by atoms with Crippen LogP contribution in [0.1, 0.15) is 79.1 Å². The van der Waals surface area contributed by atoms with Crippen molar-refractivity contribution in [3.8, 4) is 80.1 Å². The van der Waals surface area contributed by atoms with Gasteiger partial charge in [-0.25, -0.2) is 19.2 Å². The molecule has 26 heteroatoms. The van der Waals surface area contributed by atoms with Crippen LogP contribution < -0.4 is 4.74 Å². The van der Waals surface area contributed by atoms with Crippen LogP contribution in [0.25, 0.3) is 11.1 Å². The Morgan fingerprint density at radius 1 is 0.657 bits per heavy atom. The van der Waals surface area contributed by atoms with Gasteiger partial charge in [0.1, 0.15) is 24.1 Å². The Kier molecular flexibility index (Phi) is 10.6. The van der Waals surface area contributed by atoms with Crippen molar-refractivity contribution in [2.45, 2.75) is 74.2 Å². The van der Waals surface area contributed by atoms with Gasteiger partial charge < -0.3 is 99.5 Å². The number of ether oxygens (including phenoxy) is 7. The number of hydrogen-bond donors (Lipinski definition) is 13. The van der Waals surface area contributed by atoms with Gasteiger partial charge in [0.25, 0.3) is 0 Å². The summed E-state index contributed by atoms with van der Waals surface area (Å²) in [6, 6.07) is 2.74. The second-order valence-corrected chi connectivity index (χ2v) is 16.9. The van der Waals surface area contributed by atoms with Crippen molar-refractivity contribution in [3.63, 3.8) is 0 Å². The molecule has 1 unspecified atom stereocenters. The largest absolute Gasteiger partial charge is 0.504 e. The normalized spacial score (nSPS) is 27.7. The standard InChI is InChI=1S/C44H36O26/c1-11(45)9-43(62)3-2-13-26-25-16(8-21(50)30(54)34(25)70-44(26,43)63)41(61)69-42-36(68-37(57)12-4-17(46)27(51)18(47)5-12)35(67-39(13)59)33-22(65-42)10-64-38(58)14-6-19(48)28(52)31(55)23(14)24-15(40(60)66-33)7-20(49)29(53)32(24)56/h4-8,13,22,26,33,35-36,42,46-56,62-63H,2-3,9-10H2,1H3/t13?,22-,26-,33-,35-,36-,42+,43+,44+/m1/s1. The smallest absolute Gasteiger partial charge is 0.341 e. The average Bonchev–Trinajstić information content (AvgIpc) is 3.62. The average molecular weight is 981 g/mol. The minimum absolute atomic E-state index is 0.446. The molecule has 1 aliphatic carbocycles. The number of phenols is 11. The molecule has 26 nitrogen and oxygen atoms in total. The summed E-state index contributed by atoms with van der Waals surface area (Å²) >= 11 is 0.